The Morgan fingerprint density at radius 1 is 0.969 bits per heavy atom. The van der Waals surface area contributed by atoms with Gasteiger partial charge in [-0.15, -0.1) is 0 Å². The van der Waals surface area contributed by atoms with Crippen molar-refractivity contribution >= 4 is 11.6 Å². The third-order valence-electron chi connectivity index (χ3n) is 4.84. The largest absolute Gasteiger partial charge is 0.497 e. The predicted octanol–water partition coefficient (Wildman–Crippen LogP) is 5.28. The first-order valence-corrected chi connectivity index (χ1v) is 9.67. The lowest BCUT2D eigenvalue weighted by Crippen LogP contribution is -2.14. The summed E-state index contributed by atoms with van der Waals surface area (Å²) in [6.07, 6.45) is 1.53. The van der Waals surface area contributed by atoms with E-state index in [1.165, 1.54) is 6.20 Å². The maximum Gasteiger partial charge on any atom is 0.259 e. The molecule has 1 heterocycles. The molecule has 0 aliphatic rings. The molecule has 1 aromatic heterocycles. The van der Waals surface area contributed by atoms with E-state index in [0.29, 0.717) is 23.6 Å². The number of anilines is 1. The molecule has 0 saturated carbocycles. The maximum atomic E-state index is 14.1. The number of amides is 1. The molecule has 162 valence electrons. The molecule has 0 aliphatic heterocycles. The molecule has 8 heteroatoms. The van der Waals surface area contributed by atoms with Crippen molar-refractivity contribution in [3.8, 4) is 17.0 Å². The summed E-state index contributed by atoms with van der Waals surface area (Å²) in [7, 11) is 1.54. The number of nitrogens with zero attached hydrogens (tertiary/aromatic N) is 2. The minimum Gasteiger partial charge on any atom is -0.497 e. The molecule has 1 amide bonds. The molecule has 0 aliphatic carbocycles. The van der Waals surface area contributed by atoms with E-state index >= 15 is 0 Å². The van der Waals surface area contributed by atoms with E-state index in [9.17, 15) is 18.0 Å². The van der Waals surface area contributed by atoms with Gasteiger partial charge in [-0.3, -0.25) is 9.48 Å². The average Bonchev–Trinajstić information content (AvgIpc) is 3.24. The number of methoxy groups -OCH3 is 1. The van der Waals surface area contributed by atoms with Crippen molar-refractivity contribution in [2.24, 2.45) is 0 Å². The van der Waals surface area contributed by atoms with Gasteiger partial charge in [-0.05, 0) is 42.0 Å². The summed E-state index contributed by atoms with van der Waals surface area (Å²) in [6.45, 7) is 0.400. The average molecular weight is 437 g/mol. The Bertz CT molecular complexity index is 1260. The van der Waals surface area contributed by atoms with Crippen molar-refractivity contribution < 1.29 is 22.7 Å². The van der Waals surface area contributed by atoms with E-state index in [1.54, 1.807) is 36.1 Å². The van der Waals surface area contributed by atoms with Crippen molar-refractivity contribution in [2.75, 3.05) is 12.4 Å². The van der Waals surface area contributed by atoms with Crippen LogP contribution in [0.2, 0.25) is 0 Å². The third kappa shape index (κ3) is 4.34. The Kier molecular flexibility index (Phi) is 5.93. The number of hydrogen-bond acceptors (Lipinski definition) is 3. The summed E-state index contributed by atoms with van der Waals surface area (Å²) >= 11 is 0. The van der Waals surface area contributed by atoms with Gasteiger partial charge in [0.15, 0.2) is 17.5 Å². The van der Waals surface area contributed by atoms with Crippen LogP contribution in [0.25, 0.3) is 11.3 Å². The first-order valence-electron chi connectivity index (χ1n) is 9.67. The molecule has 1 N–H and O–H groups in total. The molecule has 0 spiro atoms. The fourth-order valence-corrected chi connectivity index (χ4v) is 3.21. The van der Waals surface area contributed by atoms with Gasteiger partial charge in [0.1, 0.15) is 11.4 Å². The van der Waals surface area contributed by atoms with Crippen LogP contribution < -0.4 is 10.1 Å². The molecule has 5 nitrogen and oxygen atoms in total. The van der Waals surface area contributed by atoms with Crippen LogP contribution in [-0.2, 0) is 6.54 Å². The molecular weight excluding hydrogens is 419 g/mol. The summed E-state index contributed by atoms with van der Waals surface area (Å²) in [5.41, 5.74) is 1.63. The summed E-state index contributed by atoms with van der Waals surface area (Å²) in [6, 6.07) is 18.2. The molecule has 4 aromatic rings. The van der Waals surface area contributed by atoms with E-state index in [-0.39, 0.29) is 5.56 Å². The zero-order valence-corrected chi connectivity index (χ0v) is 17.0. The van der Waals surface area contributed by atoms with Crippen molar-refractivity contribution in [1.29, 1.82) is 0 Å². The van der Waals surface area contributed by atoms with Crippen LogP contribution in [0.3, 0.4) is 0 Å². The van der Waals surface area contributed by atoms with E-state index < -0.39 is 29.0 Å². The van der Waals surface area contributed by atoms with Crippen LogP contribution >= 0.6 is 0 Å². The molecule has 32 heavy (non-hydrogen) atoms. The van der Waals surface area contributed by atoms with Gasteiger partial charge in [-0.1, -0.05) is 30.3 Å². The van der Waals surface area contributed by atoms with Crippen LogP contribution in [0.1, 0.15) is 15.9 Å². The molecule has 3 aromatic carbocycles. The number of carbonyl (C=O) groups excluding carboxylic acids is 1. The van der Waals surface area contributed by atoms with Crippen LogP contribution in [0.15, 0.2) is 72.9 Å². The second kappa shape index (κ2) is 8.97. The van der Waals surface area contributed by atoms with Crippen molar-refractivity contribution in [2.45, 2.75) is 6.54 Å². The first-order chi connectivity index (χ1) is 15.5. The van der Waals surface area contributed by atoms with Gasteiger partial charge in [0.2, 0.25) is 0 Å². The minimum atomic E-state index is -1.65. The van der Waals surface area contributed by atoms with Crippen LogP contribution in [-0.4, -0.2) is 22.8 Å². The standard InChI is InChI=1S/C24H18F3N3O2/c1-32-17-9-7-16(8-10-17)23-18(14-30(29-23)13-15-5-3-2-4-6-15)24(31)28-20-12-11-19(25)21(26)22(20)27/h2-12,14H,13H2,1H3,(H,28,31). The van der Waals surface area contributed by atoms with Crippen molar-refractivity contribution in [3.05, 3.63) is 102 Å². The topological polar surface area (TPSA) is 56.2 Å². The number of benzene rings is 3. The Balaban J connectivity index is 1.71. The van der Waals surface area contributed by atoms with Crippen LogP contribution in [0.4, 0.5) is 18.9 Å². The molecule has 0 fully saturated rings. The second-order valence-electron chi connectivity index (χ2n) is 6.98. The van der Waals surface area contributed by atoms with Crippen molar-refractivity contribution in [1.82, 2.24) is 9.78 Å². The van der Waals surface area contributed by atoms with Crippen LogP contribution in [0, 0.1) is 17.5 Å². The first kappa shape index (κ1) is 21.2. The lowest BCUT2D eigenvalue weighted by Gasteiger charge is -2.08. The molecule has 0 bridgehead atoms. The number of nitrogens with one attached hydrogen (secondary N) is 1. The second-order valence-corrected chi connectivity index (χ2v) is 6.98. The summed E-state index contributed by atoms with van der Waals surface area (Å²) in [5.74, 6) is -4.54. The highest BCUT2D eigenvalue weighted by atomic mass is 19.2. The van der Waals surface area contributed by atoms with Crippen molar-refractivity contribution in [3.63, 3.8) is 0 Å². The fraction of sp³-hybridized carbons (Fsp3) is 0.0833. The van der Waals surface area contributed by atoms with Gasteiger partial charge in [0, 0.05) is 11.8 Å². The summed E-state index contributed by atoms with van der Waals surface area (Å²) < 4.78 is 47.6. The van der Waals surface area contributed by atoms with E-state index in [0.717, 1.165) is 17.7 Å². The Labute approximate surface area is 182 Å². The van der Waals surface area contributed by atoms with Gasteiger partial charge in [-0.25, -0.2) is 13.2 Å². The maximum absolute atomic E-state index is 14.1. The molecule has 0 atom stereocenters. The smallest absolute Gasteiger partial charge is 0.259 e. The zero-order chi connectivity index (χ0) is 22.7. The van der Waals surface area contributed by atoms with E-state index in [2.05, 4.69) is 10.4 Å². The Morgan fingerprint density at radius 2 is 1.69 bits per heavy atom. The third-order valence-corrected chi connectivity index (χ3v) is 4.84. The molecule has 0 unspecified atom stereocenters. The van der Waals surface area contributed by atoms with Gasteiger partial charge in [0.25, 0.3) is 5.91 Å². The molecule has 0 saturated heterocycles. The molecule has 0 radical (unpaired) electrons. The quantitative estimate of drug-likeness (QED) is 0.418. The highest BCUT2D eigenvalue weighted by Crippen LogP contribution is 2.27. The van der Waals surface area contributed by atoms with E-state index in [1.807, 2.05) is 30.3 Å². The number of rotatable bonds is 6. The predicted molar refractivity (Wildman–Crippen MR) is 114 cm³/mol. The number of carbonyl (C=O) groups is 1. The Morgan fingerprint density at radius 3 is 2.38 bits per heavy atom. The zero-order valence-electron chi connectivity index (χ0n) is 17.0. The number of halogens is 3. The molecular formula is C24H18F3N3O2. The summed E-state index contributed by atoms with van der Waals surface area (Å²) in [4.78, 5) is 13.0. The monoisotopic (exact) mass is 437 g/mol. The fourth-order valence-electron chi connectivity index (χ4n) is 3.21. The van der Waals surface area contributed by atoms with Gasteiger partial charge in [-0.2, -0.15) is 5.10 Å². The lowest BCUT2D eigenvalue weighted by molar-refractivity contribution is 0.102. The van der Waals surface area contributed by atoms with Gasteiger partial charge in [0.05, 0.1) is 24.9 Å². The number of hydrogen-bond donors (Lipinski definition) is 1. The minimum absolute atomic E-state index is 0.148. The normalized spacial score (nSPS) is 10.8. The highest BCUT2D eigenvalue weighted by Gasteiger charge is 2.21. The lowest BCUT2D eigenvalue weighted by atomic mass is 10.1. The van der Waals surface area contributed by atoms with Gasteiger partial charge >= 0.3 is 0 Å². The molecule has 4 rings (SSSR count). The summed E-state index contributed by atoms with van der Waals surface area (Å²) in [5, 5.41) is 6.84. The number of ether oxygens (including phenoxy) is 1. The highest BCUT2D eigenvalue weighted by molar-refractivity contribution is 6.08. The Hall–Kier alpha value is -4.07. The van der Waals surface area contributed by atoms with Crippen LogP contribution in [0.5, 0.6) is 5.75 Å². The van der Waals surface area contributed by atoms with Gasteiger partial charge < -0.3 is 10.1 Å². The SMILES string of the molecule is COc1ccc(-c2nn(Cc3ccccc3)cc2C(=O)Nc2ccc(F)c(F)c2F)cc1. The number of aromatic nitrogens is 2. The van der Waals surface area contributed by atoms with E-state index in [4.69, 9.17) is 4.74 Å².